The summed E-state index contributed by atoms with van der Waals surface area (Å²) < 4.78 is 6.69. The second-order valence-corrected chi connectivity index (χ2v) is 7.53. The maximum absolute atomic E-state index is 12.2. The smallest absolute Gasteiger partial charge is 0.312 e. The highest BCUT2D eigenvalue weighted by Gasteiger charge is 2.42. The van der Waals surface area contributed by atoms with E-state index in [1.54, 1.807) is 11.3 Å². The molecule has 0 unspecified atom stereocenters. The zero-order valence-electron chi connectivity index (χ0n) is 11.5. The molecule has 2 heterocycles. The summed E-state index contributed by atoms with van der Waals surface area (Å²) in [7, 11) is 0. The molecular formula is C13H19BrN2O2S. The summed E-state index contributed by atoms with van der Waals surface area (Å²) in [5.74, 6) is -0.166. The van der Waals surface area contributed by atoms with Crippen LogP contribution in [0.3, 0.4) is 0 Å². The molecule has 0 bridgehead atoms. The molecule has 1 aromatic rings. The Morgan fingerprint density at radius 3 is 2.58 bits per heavy atom. The first kappa shape index (κ1) is 14.9. The van der Waals surface area contributed by atoms with E-state index < -0.39 is 11.0 Å². The number of thiazole rings is 1. The van der Waals surface area contributed by atoms with E-state index >= 15 is 0 Å². The summed E-state index contributed by atoms with van der Waals surface area (Å²) in [6, 6.07) is 0. The van der Waals surface area contributed by atoms with Crippen LogP contribution in [0, 0.1) is 5.41 Å². The third-order valence-corrected chi connectivity index (χ3v) is 4.91. The number of halogens is 1. The Labute approximate surface area is 126 Å². The number of rotatable bonds is 2. The first-order valence-corrected chi connectivity index (χ1v) is 8.06. The lowest BCUT2D eigenvalue weighted by molar-refractivity contribution is -0.174. The number of aromatic nitrogens is 1. The molecule has 1 N–H and O–H groups in total. The van der Waals surface area contributed by atoms with Crippen molar-refractivity contribution in [1.82, 2.24) is 10.3 Å². The zero-order valence-corrected chi connectivity index (χ0v) is 13.9. The van der Waals surface area contributed by atoms with Crippen LogP contribution in [0.1, 0.15) is 38.6 Å². The SMILES string of the molecule is CC(C)(C)C(=O)OC1(c2nc(Br)cs2)CCNCC1. The lowest BCUT2D eigenvalue weighted by atomic mass is 9.91. The third kappa shape index (κ3) is 3.35. The van der Waals surface area contributed by atoms with Gasteiger partial charge in [-0.1, -0.05) is 0 Å². The van der Waals surface area contributed by atoms with E-state index in [1.807, 2.05) is 26.2 Å². The molecule has 4 nitrogen and oxygen atoms in total. The monoisotopic (exact) mass is 346 g/mol. The van der Waals surface area contributed by atoms with Crippen LogP contribution in [0.4, 0.5) is 0 Å². The average molecular weight is 347 g/mol. The highest BCUT2D eigenvalue weighted by atomic mass is 79.9. The van der Waals surface area contributed by atoms with Gasteiger partial charge in [0.05, 0.1) is 5.41 Å². The first-order valence-electron chi connectivity index (χ1n) is 6.39. The Morgan fingerprint density at radius 1 is 1.47 bits per heavy atom. The van der Waals surface area contributed by atoms with Gasteiger partial charge in [-0.2, -0.15) is 0 Å². The number of hydrogen-bond acceptors (Lipinski definition) is 5. The minimum atomic E-state index is -0.563. The number of nitrogens with zero attached hydrogens (tertiary/aromatic N) is 1. The number of esters is 1. The Bertz CT molecular complexity index is 461. The fourth-order valence-corrected chi connectivity index (χ4v) is 3.43. The first-order chi connectivity index (χ1) is 8.83. The predicted octanol–water partition coefficient (Wildman–Crippen LogP) is 3.07. The van der Waals surface area contributed by atoms with Crippen LogP contribution in [-0.4, -0.2) is 24.0 Å². The topological polar surface area (TPSA) is 51.2 Å². The summed E-state index contributed by atoms with van der Waals surface area (Å²) in [5, 5.41) is 6.12. The molecule has 1 aliphatic heterocycles. The highest BCUT2D eigenvalue weighted by molar-refractivity contribution is 9.10. The molecule has 0 atom stereocenters. The molecule has 1 aromatic heterocycles. The van der Waals surface area contributed by atoms with Crippen molar-refractivity contribution in [2.24, 2.45) is 5.41 Å². The van der Waals surface area contributed by atoms with E-state index in [0.29, 0.717) is 0 Å². The van der Waals surface area contributed by atoms with E-state index in [9.17, 15) is 4.79 Å². The highest BCUT2D eigenvalue weighted by Crippen LogP contribution is 2.39. The van der Waals surface area contributed by atoms with Crippen LogP contribution in [-0.2, 0) is 15.1 Å². The minimum absolute atomic E-state index is 0.166. The van der Waals surface area contributed by atoms with Gasteiger partial charge in [-0.3, -0.25) is 4.79 Å². The van der Waals surface area contributed by atoms with Crippen LogP contribution in [0.2, 0.25) is 0 Å². The fourth-order valence-electron chi connectivity index (χ4n) is 1.98. The average Bonchev–Trinajstić information content (AvgIpc) is 2.76. The third-order valence-electron chi connectivity index (χ3n) is 3.18. The van der Waals surface area contributed by atoms with Crippen molar-refractivity contribution in [2.75, 3.05) is 13.1 Å². The molecule has 1 fully saturated rings. The zero-order chi connectivity index (χ0) is 14.1. The molecule has 19 heavy (non-hydrogen) atoms. The molecule has 1 saturated heterocycles. The van der Waals surface area contributed by atoms with Crippen molar-refractivity contribution in [2.45, 2.75) is 39.2 Å². The van der Waals surface area contributed by atoms with Crippen LogP contribution in [0.25, 0.3) is 0 Å². The van der Waals surface area contributed by atoms with E-state index in [2.05, 4.69) is 26.2 Å². The summed E-state index contributed by atoms with van der Waals surface area (Å²) in [6.07, 6.45) is 1.55. The van der Waals surface area contributed by atoms with Crippen molar-refractivity contribution in [1.29, 1.82) is 0 Å². The van der Waals surface area contributed by atoms with E-state index in [1.165, 1.54) is 0 Å². The van der Waals surface area contributed by atoms with Crippen LogP contribution in [0.15, 0.2) is 9.98 Å². The van der Waals surface area contributed by atoms with Gasteiger partial charge in [0.1, 0.15) is 9.61 Å². The quantitative estimate of drug-likeness (QED) is 0.836. The molecule has 2 rings (SSSR count). The lowest BCUT2D eigenvalue weighted by Crippen LogP contribution is -2.45. The molecule has 106 valence electrons. The molecule has 1 aliphatic rings. The van der Waals surface area contributed by atoms with Gasteiger partial charge in [-0.05, 0) is 49.8 Å². The maximum Gasteiger partial charge on any atom is 0.312 e. The van der Waals surface area contributed by atoms with Gasteiger partial charge in [-0.25, -0.2) is 4.98 Å². The number of nitrogens with one attached hydrogen (secondary N) is 1. The molecular weight excluding hydrogens is 328 g/mol. The number of carbonyl (C=O) groups is 1. The molecule has 0 aromatic carbocycles. The van der Waals surface area contributed by atoms with Crippen molar-refractivity contribution < 1.29 is 9.53 Å². The van der Waals surface area contributed by atoms with Gasteiger partial charge in [0, 0.05) is 18.2 Å². The van der Waals surface area contributed by atoms with Gasteiger partial charge < -0.3 is 10.1 Å². The van der Waals surface area contributed by atoms with Crippen molar-refractivity contribution in [3.63, 3.8) is 0 Å². The molecule has 0 amide bonds. The standard InChI is InChI=1S/C13H19BrN2O2S/c1-12(2,3)11(17)18-13(4-6-15-7-5-13)10-16-9(14)8-19-10/h8,15H,4-7H2,1-3H3. The van der Waals surface area contributed by atoms with Crippen molar-refractivity contribution in [3.8, 4) is 0 Å². The minimum Gasteiger partial charge on any atom is -0.451 e. The Kier molecular flexibility index (Phi) is 4.32. The number of ether oxygens (including phenoxy) is 1. The Hall–Kier alpha value is -0.460. The fraction of sp³-hybridized carbons (Fsp3) is 0.692. The van der Waals surface area contributed by atoms with E-state index in [-0.39, 0.29) is 5.97 Å². The largest absolute Gasteiger partial charge is 0.451 e. The second kappa shape index (κ2) is 5.50. The van der Waals surface area contributed by atoms with Crippen LogP contribution >= 0.6 is 27.3 Å². The van der Waals surface area contributed by atoms with Gasteiger partial charge in [0.15, 0.2) is 5.60 Å². The van der Waals surface area contributed by atoms with Crippen molar-refractivity contribution in [3.05, 3.63) is 15.0 Å². The molecule has 0 aliphatic carbocycles. The summed E-state index contributed by atoms with van der Waals surface area (Å²) in [4.78, 5) is 16.7. The van der Waals surface area contributed by atoms with Gasteiger partial charge in [-0.15, -0.1) is 11.3 Å². The molecule has 0 radical (unpaired) electrons. The van der Waals surface area contributed by atoms with Gasteiger partial charge in [0.25, 0.3) is 0 Å². The Morgan fingerprint density at radius 2 is 2.11 bits per heavy atom. The second-order valence-electron chi connectivity index (χ2n) is 5.86. The number of hydrogen-bond donors (Lipinski definition) is 1. The summed E-state index contributed by atoms with van der Waals surface area (Å²) >= 11 is 4.92. The van der Waals surface area contributed by atoms with E-state index in [4.69, 9.17) is 4.74 Å². The summed E-state index contributed by atoms with van der Waals surface area (Å²) in [5.41, 5.74) is -1.06. The van der Waals surface area contributed by atoms with Crippen LogP contribution < -0.4 is 5.32 Å². The van der Waals surface area contributed by atoms with Gasteiger partial charge >= 0.3 is 5.97 Å². The van der Waals surface area contributed by atoms with E-state index in [0.717, 1.165) is 35.5 Å². The summed E-state index contributed by atoms with van der Waals surface area (Å²) in [6.45, 7) is 7.31. The number of piperidine rings is 1. The molecule has 0 saturated carbocycles. The predicted molar refractivity (Wildman–Crippen MR) is 79.1 cm³/mol. The Balaban J connectivity index is 2.28. The van der Waals surface area contributed by atoms with Gasteiger partial charge in [0.2, 0.25) is 0 Å². The molecule has 0 spiro atoms. The molecule has 6 heteroatoms. The maximum atomic E-state index is 12.2. The van der Waals surface area contributed by atoms with Crippen molar-refractivity contribution >= 4 is 33.2 Å². The lowest BCUT2D eigenvalue weighted by Gasteiger charge is -2.37. The number of carbonyl (C=O) groups excluding carboxylic acids is 1. The normalized spacial score (nSPS) is 19.2. The van der Waals surface area contributed by atoms with Crippen LogP contribution in [0.5, 0.6) is 0 Å².